The molecule has 0 bridgehead atoms. The van der Waals surface area contributed by atoms with Gasteiger partial charge in [-0.25, -0.2) is 0 Å². The maximum absolute atomic E-state index is 5.51. The summed E-state index contributed by atoms with van der Waals surface area (Å²) in [6.45, 7) is 4.28. The average Bonchev–Trinajstić information content (AvgIpc) is 2.50. The molecule has 0 amide bonds. The van der Waals surface area contributed by atoms with Crippen LogP contribution in [-0.2, 0) is 17.8 Å². The van der Waals surface area contributed by atoms with Gasteiger partial charge in [0, 0.05) is 12.3 Å². The van der Waals surface area contributed by atoms with Gasteiger partial charge in [-0.3, -0.25) is 0 Å². The van der Waals surface area contributed by atoms with Crippen molar-refractivity contribution in [2.75, 3.05) is 5.88 Å². The predicted octanol–water partition coefficient (Wildman–Crippen LogP) is 1.78. The Morgan fingerprint density at radius 1 is 1.38 bits per heavy atom. The second-order valence-corrected chi connectivity index (χ2v) is 3.27. The van der Waals surface area contributed by atoms with Gasteiger partial charge < -0.3 is 9.15 Å². The summed E-state index contributed by atoms with van der Waals surface area (Å²) in [7, 11) is 0. The molecule has 0 N–H and O–H groups in total. The van der Waals surface area contributed by atoms with E-state index in [1.807, 2.05) is 13.8 Å². The van der Waals surface area contributed by atoms with Crippen LogP contribution in [0.15, 0.2) is 4.42 Å². The molecule has 1 heterocycles. The highest BCUT2D eigenvalue weighted by molar-refractivity contribution is 6.17. The molecular weight excluding hydrogens is 192 g/mol. The van der Waals surface area contributed by atoms with Crippen molar-refractivity contribution in [3.63, 3.8) is 0 Å². The van der Waals surface area contributed by atoms with Crippen LogP contribution in [0.4, 0.5) is 0 Å². The fraction of sp³-hybridized carbons (Fsp3) is 0.750. The summed E-state index contributed by atoms with van der Waals surface area (Å²) < 4.78 is 10.5. The lowest BCUT2D eigenvalue weighted by molar-refractivity contribution is 0.0511. The number of nitrogens with zero attached hydrogens (tertiary/aromatic N) is 2. The van der Waals surface area contributed by atoms with Crippen molar-refractivity contribution in [3.05, 3.63) is 11.8 Å². The minimum atomic E-state index is 0.170. The number of rotatable bonds is 5. The van der Waals surface area contributed by atoms with Gasteiger partial charge >= 0.3 is 0 Å². The maximum Gasteiger partial charge on any atom is 0.242 e. The van der Waals surface area contributed by atoms with Crippen molar-refractivity contribution < 1.29 is 9.15 Å². The molecule has 0 aromatic carbocycles. The first-order chi connectivity index (χ1) is 6.22. The Balaban J connectivity index is 2.39. The zero-order valence-corrected chi connectivity index (χ0v) is 8.54. The molecule has 0 fully saturated rings. The molecule has 0 aliphatic heterocycles. The van der Waals surface area contributed by atoms with Crippen molar-refractivity contribution >= 4 is 11.6 Å². The molecule has 1 aromatic heterocycles. The van der Waals surface area contributed by atoms with Crippen LogP contribution in [0.1, 0.15) is 25.6 Å². The van der Waals surface area contributed by atoms with E-state index < -0.39 is 0 Å². The van der Waals surface area contributed by atoms with E-state index in [1.165, 1.54) is 0 Å². The molecule has 5 heteroatoms. The third-order valence-corrected chi connectivity index (χ3v) is 1.55. The molecule has 1 rings (SSSR count). The number of hydrogen-bond acceptors (Lipinski definition) is 4. The van der Waals surface area contributed by atoms with Gasteiger partial charge in [0.1, 0.15) is 6.61 Å². The summed E-state index contributed by atoms with van der Waals surface area (Å²) in [5.41, 5.74) is 0. The van der Waals surface area contributed by atoms with Crippen LogP contribution < -0.4 is 0 Å². The first-order valence-electron chi connectivity index (χ1n) is 4.21. The van der Waals surface area contributed by atoms with Crippen molar-refractivity contribution in [3.8, 4) is 0 Å². The lowest BCUT2D eigenvalue weighted by Gasteiger charge is -2.02. The monoisotopic (exact) mass is 204 g/mol. The second-order valence-electron chi connectivity index (χ2n) is 2.89. The molecule has 0 saturated carbocycles. The Morgan fingerprint density at radius 3 is 2.69 bits per heavy atom. The number of halogens is 1. The van der Waals surface area contributed by atoms with Gasteiger partial charge in [-0.1, -0.05) is 0 Å². The summed E-state index contributed by atoms with van der Waals surface area (Å²) in [6.07, 6.45) is 0.777. The van der Waals surface area contributed by atoms with Crippen LogP contribution >= 0.6 is 11.6 Å². The zero-order chi connectivity index (χ0) is 9.68. The topological polar surface area (TPSA) is 48.2 Å². The Labute approximate surface area is 82.2 Å². The van der Waals surface area contributed by atoms with Crippen molar-refractivity contribution in [2.24, 2.45) is 0 Å². The van der Waals surface area contributed by atoms with E-state index in [-0.39, 0.29) is 6.10 Å². The summed E-state index contributed by atoms with van der Waals surface area (Å²) in [5, 5.41) is 7.61. The molecule has 0 atom stereocenters. The predicted molar refractivity (Wildman–Crippen MR) is 48.6 cm³/mol. The minimum absolute atomic E-state index is 0.170. The summed E-state index contributed by atoms with van der Waals surface area (Å²) >= 11 is 5.51. The van der Waals surface area contributed by atoms with E-state index >= 15 is 0 Å². The van der Waals surface area contributed by atoms with E-state index in [9.17, 15) is 0 Å². The Morgan fingerprint density at radius 2 is 2.08 bits per heavy atom. The quantitative estimate of drug-likeness (QED) is 0.686. The van der Waals surface area contributed by atoms with Crippen LogP contribution in [0, 0.1) is 0 Å². The normalized spacial score (nSPS) is 11.1. The Hall–Kier alpha value is -0.610. The van der Waals surface area contributed by atoms with Gasteiger partial charge in [0.05, 0.1) is 6.10 Å². The fourth-order valence-corrected chi connectivity index (χ4v) is 0.928. The molecule has 0 aliphatic carbocycles. The summed E-state index contributed by atoms with van der Waals surface area (Å²) in [5.74, 6) is 1.57. The lowest BCUT2D eigenvalue weighted by atomic mass is 10.5. The van der Waals surface area contributed by atoms with E-state index in [0.717, 1.165) is 0 Å². The number of hydrogen-bond donors (Lipinski definition) is 0. The van der Waals surface area contributed by atoms with Gasteiger partial charge in [0.15, 0.2) is 0 Å². The molecule has 0 radical (unpaired) electrons. The highest BCUT2D eigenvalue weighted by Crippen LogP contribution is 2.04. The van der Waals surface area contributed by atoms with Crippen LogP contribution in [0.2, 0.25) is 0 Å². The Bertz CT molecular complexity index is 250. The molecule has 1 aromatic rings. The molecular formula is C8H13ClN2O2. The Kier molecular flexibility index (Phi) is 4.18. The molecule has 0 saturated heterocycles. The first-order valence-corrected chi connectivity index (χ1v) is 4.74. The van der Waals surface area contributed by atoms with Crippen LogP contribution in [0.3, 0.4) is 0 Å². The third-order valence-electron chi connectivity index (χ3n) is 1.36. The molecule has 13 heavy (non-hydrogen) atoms. The van der Waals surface area contributed by atoms with Gasteiger partial charge in [-0.05, 0) is 13.8 Å². The maximum atomic E-state index is 5.51. The molecule has 74 valence electrons. The minimum Gasteiger partial charge on any atom is -0.423 e. The summed E-state index contributed by atoms with van der Waals surface area (Å²) in [4.78, 5) is 0. The SMILES string of the molecule is CC(C)OCc1nnc(CCCl)o1. The van der Waals surface area contributed by atoms with Gasteiger partial charge in [-0.15, -0.1) is 21.8 Å². The zero-order valence-electron chi connectivity index (χ0n) is 7.79. The fourth-order valence-electron chi connectivity index (χ4n) is 0.767. The van der Waals surface area contributed by atoms with Crippen molar-refractivity contribution in [1.82, 2.24) is 10.2 Å². The van der Waals surface area contributed by atoms with Crippen LogP contribution in [-0.4, -0.2) is 22.2 Å². The molecule has 0 unspecified atom stereocenters. The smallest absolute Gasteiger partial charge is 0.242 e. The molecule has 0 spiro atoms. The summed E-state index contributed by atoms with van der Waals surface area (Å²) in [6, 6.07) is 0. The largest absolute Gasteiger partial charge is 0.423 e. The average molecular weight is 205 g/mol. The number of aromatic nitrogens is 2. The van der Waals surface area contributed by atoms with Gasteiger partial charge in [-0.2, -0.15) is 0 Å². The van der Waals surface area contributed by atoms with E-state index in [0.29, 0.717) is 30.7 Å². The highest BCUT2D eigenvalue weighted by atomic mass is 35.5. The molecule has 0 aliphatic rings. The number of aryl methyl sites for hydroxylation is 1. The van der Waals surface area contributed by atoms with E-state index in [4.69, 9.17) is 20.8 Å². The van der Waals surface area contributed by atoms with Crippen LogP contribution in [0.25, 0.3) is 0 Å². The first kappa shape index (κ1) is 10.5. The highest BCUT2D eigenvalue weighted by Gasteiger charge is 2.05. The molecule has 4 nitrogen and oxygen atoms in total. The van der Waals surface area contributed by atoms with Crippen molar-refractivity contribution in [2.45, 2.75) is 33.0 Å². The van der Waals surface area contributed by atoms with E-state index in [1.54, 1.807) is 0 Å². The second kappa shape index (κ2) is 5.19. The number of alkyl halides is 1. The third kappa shape index (κ3) is 3.74. The van der Waals surface area contributed by atoms with Crippen molar-refractivity contribution in [1.29, 1.82) is 0 Å². The van der Waals surface area contributed by atoms with Gasteiger partial charge in [0.25, 0.3) is 0 Å². The van der Waals surface area contributed by atoms with Crippen LogP contribution in [0.5, 0.6) is 0 Å². The standard InChI is InChI=1S/C8H13ClN2O2/c1-6(2)12-5-8-11-10-7(13-8)3-4-9/h6H,3-5H2,1-2H3. The lowest BCUT2D eigenvalue weighted by Crippen LogP contribution is -2.02. The van der Waals surface area contributed by atoms with E-state index in [2.05, 4.69) is 10.2 Å². The number of ether oxygens (including phenoxy) is 1. The van der Waals surface area contributed by atoms with Gasteiger partial charge in [0.2, 0.25) is 11.8 Å².